The van der Waals surface area contributed by atoms with Gasteiger partial charge in [0.25, 0.3) is 0 Å². The van der Waals surface area contributed by atoms with Gasteiger partial charge in [-0.25, -0.2) is 13.4 Å². The van der Waals surface area contributed by atoms with Gasteiger partial charge in [-0.15, -0.1) is 0 Å². The van der Waals surface area contributed by atoms with E-state index in [1.54, 1.807) is 30.3 Å². The number of anilines is 1. The second kappa shape index (κ2) is 9.87. The number of aromatic amines is 1. The van der Waals surface area contributed by atoms with Crippen molar-refractivity contribution in [3.63, 3.8) is 0 Å². The summed E-state index contributed by atoms with van der Waals surface area (Å²) in [6.45, 7) is 5.90. The first-order valence-corrected chi connectivity index (χ1v) is 13.2. The highest BCUT2D eigenvalue weighted by atomic mass is 32.2. The van der Waals surface area contributed by atoms with Crippen molar-refractivity contribution in [3.05, 3.63) is 89.5 Å². The van der Waals surface area contributed by atoms with Gasteiger partial charge in [-0.1, -0.05) is 77.5 Å². The first-order valence-electron chi connectivity index (χ1n) is 10.7. The number of aryl methyl sites for hydroxylation is 3. The lowest BCUT2D eigenvalue weighted by Crippen LogP contribution is -2.15. The summed E-state index contributed by atoms with van der Waals surface area (Å²) in [5.74, 6) is 0.217. The van der Waals surface area contributed by atoms with E-state index in [-0.39, 0.29) is 26.6 Å². The molecule has 1 amide bonds. The first-order chi connectivity index (χ1) is 16.2. The number of H-pyrrole nitrogens is 1. The van der Waals surface area contributed by atoms with E-state index in [4.69, 9.17) is 0 Å². The third kappa shape index (κ3) is 5.24. The van der Waals surface area contributed by atoms with Gasteiger partial charge in [0.2, 0.25) is 15.7 Å². The van der Waals surface area contributed by atoms with Gasteiger partial charge < -0.3 is 10.3 Å². The maximum absolute atomic E-state index is 13.4. The smallest absolute Gasteiger partial charge is 0.234 e. The Labute approximate surface area is 203 Å². The number of thioether (sulfide) groups is 1. The molecule has 0 aliphatic carbocycles. The second-order valence-corrected chi connectivity index (χ2v) is 10.9. The molecule has 0 spiro atoms. The molecule has 0 radical (unpaired) electrons. The number of hydrogen-bond donors (Lipinski definition) is 2. The number of nitrogens with zero attached hydrogens (tertiary/aromatic N) is 1. The molecule has 4 rings (SSSR count). The lowest BCUT2D eigenvalue weighted by molar-refractivity contribution is -0.113. The maximum Gasteiger partial charge on any atom is 0.234 e. The average molecular weight is 492 g/mol. The SMILES string of the molecule is Cc1ccc(-c2nc(SCC(=O)Nc3ccc(C)cc3C)c(S(=O)(=O)c3ccccc3)[nH]2)cc1. The maximum atomic E-state index is 13.4. The summed E-state index contributed by atoms with van der Waals surface area (Å²) >= 11 is 1.09. The average Bonchev–Trinajstić information content (AvgIpc) is 3.26. The summed E-state index contributed by atoms with van der Waals surface area (Å²) in [4.78, 5) is 20.4. The zero-order valence-electron chi connectivity index (χ0n) is 19.1. The Hall–Kier alpha value is -3.36. The molecule has 1 heterocycles. The van der Waals surface area contributed by atoms with Crippen LogP contribution in [0, 0.1) is 20.8 Å². The molecule has 3 aromatic carbocycles. The van der Waals surface area contributed by atoms with Crippen LogP contribution in [0.1, 0.15) is 16.7 Å². The molecule has 0 aliphatic rings. The lowest BCUT2D eigenvalue weighted by atomic mass is 10.1. The molecule has 4 aromatic rings. The zero-order valence-corrected chi connectivity index (χ0v) is 20.8. The number of carbonyl (C=O) groups excluding carboxylic acids is 1. The number of hydrogen-bond acceptors (Lipinski definition) is 5. The van der Waals surface area contributed by atoms with Gasteiger partial charge in [0.05, 0.1) is 10.6 Å². The van der Waals surface area contributed by atoms with Crippen LogP contribution in [0.15, 0.2) is 87.7 Å². The number of imidazole rings is 1. The summed E-state index contributed by atoms with van der Waals surface area (Å²) in [5, 5.41) is 3.14. The van der Waals surface area contributed by atoms with Crippen LogP contribution >= 0.6 is 11.8 Å². The van der Waals surface area contributed by atoms with E-state index in [2.05, 4.69) is 15.3 Å². The van der Waals surface area contributed by atoms with Crippen LogP contribution in [0.2, 0.25) is 0 Å². The quantitative estimate of drug-likeness (QED) is 0.330. The zero-order chi connectivity index (χ0) is 24.3. The fourth-order valence-corrected chi connectivity index (χ4v) is 5.90. The molecular weight excluding hydrogens is 466 g/mol. The molecule has 0 atom stereocenters. The van der Waals surface area contributed by atoms with Crippen molar-refractivity contribution in [2.45, 2.75) is 35.7 Å². The Balaban J connectivity index is 1.63. The number of nitrogens with one attached hydrogen (secondary N) is 2. The predicted molar refractivity (Wildman–Crippen MR) is 136 cm³/mol. The van der Waals surface area contributed by atoms with Crippen LogP contribution < -0.4 is 5.32 Å². The van der Waals surface area contributed by atoms with Gasteiger partial charge in [0.1, 0.15) is 10.9 Å². The number of amides is 1. The first kappa shape index (κ1) is 23.8. The van der Waals surface area contributed by atoms with E-state index >= 15 is 0 Å². The molecule has 2 N–H and O–H groups in total. The third-order valence-electron chi connectivity index (χ3n) is 5.28. The largest absolute Gasteiger partial charge is 0.328 e. The Morgan fingerprint density at radius 2 is 1.62 bits per heavy atom. The second-order valence-electron chi connectivity index (χ2n) is 8.06. The third-order valence-corrected chi connectivity index (χ3v) is 8.11. The normalized spacial score (nSPS) is 11.4. The van der Waals surface area contributed by atoms with Crippen LogP contribution in [0.4, 0.5) is 5.69 Å². The van der Waals surface area contributed by atoms with Crippen LogP contribution in [-0.4, -0.2) is 30.0 Å². The van der Waals surface area contributed by atoms with Gasteiger partial charge >= 0.3 is 0 Å². The monoisotopic (exact) mass is 491 g/mol. The van der Waals surface area contributed by atoms with Crippen molar-refractivity contribution >= 4 is 33.2 Å². The fraction of sp³-hybridized carbons (Fsp3) is 0.154. The van der Waals surface area contributed by atoms with Crippen molar-refractivity contribution in [2.75, 3.05) is 11.1 Å². The van der Waals surface area contributed by atoms with Crippen molar-refractivity contribution in [1.82, 2.24) is 9.97 Å². The van der Waals surface area contributed by atoms with Gasteiger partial charge in [-0.2, -0.15) is 0 Å². The van der Waals surface area contributed by atoms with E-state index < -0.39 is 9.84 Å². The van der Waals surface area contributed by atoms with Crippen molar-refractivity contribution in [1.29, 1.82) is 0 Å². The molecule has 0 fully saturated rings. The molecular formula is C26H25N3O3S2. The molecule has 1 aromatic heterocycles. The van der Waals surface area contributed by atoms with Gasteiger partial charge in [0, 0.05) is 11.3 Å². The minimum absolute atomic E-state index is 0.0152. The molecule has 0 unspecified atom stereocenters. The Morgan fingerprint density at radius 1 is 0.941 bits per heavy atom. The van der Waals surface area contributed by atoms with E-state index in [1.165, 1.54) is 0 Å². The lowest BCUT2D eigenvalue weighted by Gasteiger charge is -2.09. The molecule has 0 saturated carbocycles. The summed E-state index contributed by atoms with van der Waals surface area (Å²) in [7, 11) is -3.85. The van der Waals surface area contributed by atoms with Crippen LogP contribution in [0.5, 0.6) is 0 Å². The van der Waals surface area contributed by atoms with E-state index in [0.717, 1.165) is 39.7 Å². The van der Waals surface area contributed by atoms with Gasteiger partial charge in [-0.3, -0.25) is 4.79 Å². The molecule has 34 heavy (non-hydrogen) atoms. The highest BCUT2D eigenvalue weighted by Gasteiger charge is 2.26. The van der Waals surface area contributed by atoms with E-state index in [0.29, 0.717) is 5.82 Å². The predicted octanol–water partition coefficient (Wildman–Crippen LogP) is 5.57. The standard InChI is InChI=1S/C26H25N3O3S2/c1-17-9-12-20(13-10-17)24-28-25(26(29-24)34(31,32)21-7-5-4-6-8-21)33-16-23(30)27-22-14-11-18(2)15-19(22)3/h4-15H,16H2,1-3H3,(H,27,30)(H,28,29). The number of rotatable bonds is 7. The summed E-state index contributed by atoms with van der Waals surface area (Å²) in [5.41, 5.74) is 4.66. The molecule has 8 heteroatoms. The molecule has 0 aliphatic heterocycles. The molecule has 0 bridgehead atoms. The van der Waals surface area contributed by atoms with Crippen molar-refractivity contribution < 1.29 is 13.2 Å². The van der Waals surface area contributed by atoms with Gasteiger partial charge in [-0.05, 0) is 44.5 Å². The van der Waals surface area contributed by atoms with Crippen LogP contribution in [-0.2, 0) is 14.6 Å². The number of aromatic nitrogens is 2. The summed E-state index contributed by atoms with van der Waals surface area (Å²) in [6, 6.07) is 21.6. The highest BCUT2D eigenvalue weighted by Crippen LogP contribution is 2.32. The summed E-state index contributed by atoms with van der Waals surface area (Å²) in [6.07, 6.45) is 0. The number of sulfone groups is 1. The Bertz CT molecular complexity index is 1430. The van der Waals surface area contributed by atoms with Crippen LogP contribution in [0.25, 0.3) is 11.4 Å². The fourth-order valence-electron chi connectivity index (χ4n) is 3.46. The van der Waals surface area contributed by atoms with Crippen molar-refractivity contribution in [2.24, 2.45) is 0 Å². The highest BCUT2D eigenvalue weighted by molar-refractivity contribution is 8.00. The number of benzene rings is 3. The number of carbonyl (C=O) groups is 1. The molecule has 6 nitrogen and oxygen atoms in total. The minimum atomic E-state index is -3.85. The van der Waals surface area contributed by atoms with Gasteiger partial charge in [0.15, 0.2) is 5.03 Å². The van der Waals surface area contributed by atoms with Crippen molar-refractivity contribution in [3.8, 4) is 11.4 Å². The van der Waals surface area contributed by atoms with E-state index in [9.17, 15) is 13.2 Å². The Morgan fingerprint density at radius 3 is 2.29 bits per heavy atom. The minimum Gasteiger partial charge on any atom is -0.328 e. The topological polar surface area (TPSA) is 91.9 Å². The Kier molecular flexibility index (Phi) is 6.90. The van der Waals surface area contributed by atoms with E-state index in [1.807, 2.05) is 63.2 Å². The molecule has 0 saturated heterocycles. The van der Waals surface area contributed by atoms with Crippen LogP contribution in [0.3, 0.4) is 0 Å². The molecule has 174 valence electrons. The summed E-state index contributed by atoms with van der Waals surface area (Å²) < 4.78 is 26.8.